The number of aliphatic carboxylic acids is 1. The minimum absolute atomic E-state index is 0.0154. The van der Waals surface area contributed by atoms with E-state index in [9.17, 15) is 20.0 Å². The molecular formula is C9H7BrNO4-. The molecule has 80 valence electrons. The van der Waals surface area contributed by atoms with Crippen LogP contribution in [-0.4, -0.2) is 15.7 Å². The Morgan fingerprint density at radius 2 is 1.93 bits per heavy atom. The van der Waals surface area contributed by atoms with E-state index in [1.807, 2.05) is 0 Å². The second-order valence-corrected chi connectivity index (χ2v) is 4.02. The summed E-state index contributed by atoms with van der Waals surface area (Å²) in [6.45, 7) is 0. The van der Waals surface area contributed by atoms with E-state index in [4.69, 9.17) is 0 Å². The third-order valence-electron chi connectivity index (χ3n) is 1.82. The lowest BCUT2D eigenvalue weighted by Crippen LogP contribution is -2.32. The predicted octanol–water partition coefficient (Wildman–Crippen LogP) is 0.651. The fourth-order valence-corrected chi connectivity index (χ4v) is 1.42. The zero-order chi connectivity index (χ0) is 11.4. The number of rotatable bonds is 4. The van der Waals surface area contributed by atoms with Gasteiger partial charge in [-0.25, -0.2) is 0 Å². The van der Waals surface area contributed by atoms with Crippen LogP contribution < -0.4 is 5.11 Å². The van der Waals surface area contributed by atoms with Crippen LogP contribution in [0.25, 0.3) is 0 Å². The number of alkyl halides is 1. The van der Waals surface area contributed by atoms with Crippen LogP contribution in [0.15, 0.2) is 24.3 Å². The highest BCUT2D eigenvalue weighted by atomic mass is 79.9. The molecule has 0 aromatic heterocycles. The van der Waals surface area contributed by atoms with Crippen LogP contribution in [-0.2, 0) is 11.2 Å². The van der Waals surface area contributed by atoms with Crippen LogP contribution >= 0.6 is 15.9 Å². The minimum atomic E-state index is -1.20. The van der Waals surface area contributed by atoms with Crippen molar-refractivity contribution in [1.82, 2.24) is 0 Å². The zero-order valence-electron chi connectivity index (χ0n) is 7.55. The van der Waals surface area contributed by atoms with Crippen molar-refractivity contribution in [3.63, 3.8) is 0 Å². The largest absolute Gasteiger partial charge is 0.549 e. The number of halogens is 1. The second kappa shape index (κ2) is 4.88. The van der Waals surface area contributed by atoms with Gasteiger partial charge in [-0.2, -0.15) is 0 Å². The van der Waals surface area contributed by atoms with E-state index in [0.717, 1.165) is 0 Å². The van der Waals surface area contributed by atoms with Crippen molar-refractivity contribution >= 4 is 27.6 Å². The molecule has 15 heavy (non-hydrogen) atoms. The van der Waals surface area contributed by atoms with Crippen molar-refractivity contribution in [2.45, 2.75) is 11.2 Å². The van der Waals surface area contributed by atoms with Crippen molar-refractivity contribution in [3.05, 3.63) is 39.9 Å². The lowest BCUT2D eigenvalue weighted by Gasteiger charge is -2.09. The summed E-state index contributed by atoms with van der Waals surface area (Å²) in [5.74, 6) is -1.20. The topological polar surface area (TPSA) is 83.3 Å². The van der Waals surface area contributed by atoms with E-state index >= 15 is 0 Å². The Hall–Kier alpha value is -1.43. The van der Waals surface area contributed by atoms with Gasteiger partial charge >= 0.3 is 0 Å². The average molecular weight is 273 g/mol. The first kappa shape index (κ1) is 11.6. The Bertz CT molecular complexity index is 376. The van der Waals surface area contributed by atoms with Gasteiger partial charge in [0, 0.05) is 12.1 Å². The molecule has 0 saturated heterocycles. The summed E-state index contributed by atoms with van der Waals surface area (Å²) in [5, 5.41) is 20.7. The van der Waals surface area contributed by atoms with Gasteiger partial charge in [-0.05, 0) is 12.0 Å². The minimum Gasteiger partial charge on any atom is -0.549 e. The summed E-state index contributed by atoms with van der Waals surface area (Å²) in [5.41, 5.74) is 0.685. The molecule has 1 aromatic rings. The van der Waals surface area contributed by atoms with Gasteiger partial charge in [-0.3, -0.25) is 10.1 Å². The highest BCUT2D eigenvalue weighted by Gasteiger charge is 2.08. The molecule has 0 aliphatic carbocycles. The average Bonchev–Trinajstić information content (AvgIpc) is 2.18. The maximum absolute atomic E-state index is 10.4. The predicted molar refractivity (Wildman–Crippen MR) is 54.5 cm³/mol. The Kier molecular flexibility index (Phi) is 3.79. The summed E-state index contributed by atoms with van der Waals surface area (Å²) in [6.07, 6.45) is 0.236. The molecule has 0 spiro atoms. The Morgan fingerprint density at radius 1 is 1.40 bits per heavy atom. The Balaban J connectivity index is 2.72. The van der Waals surface area contributed by atoms with Crippen molar-refractivity contribution in [2.75, 3.05) is 0 Å². The molecule has 1 unspecified atom stereocenters. The number of hydrogen-bond donors (Lipinski definition) is 0. The molecule has 1 rings (SSSR count). The van der Waals surface area contributed by atoms with E-state index in [-0.39, 0.29) is 12.1 Å². The van der Waals surface area contributed by atoms with Gasteiger partial charge in [0.2, 0.25) is 0 Å². The van der Waals surface area contributed by atoms with Gasteiger partial charge in [0.1, 0.15) is 0 Å². The molecular weight excluding hydrogens is 266 g/mol. The number of hydrogen-bond acceptors (Lipinski definition) is 4. The SMILES string of the molecule is O=C([O-])C(Br)Cc1ccc([N+](=O)[O-])cc1. The molecule has 0 heterocycles. The molecule has 1 aromatic carbocycles. The van der Waals surface area contributed by atoms with E-state index < -0.39 is 15.7 Å². The highest BCUT2D eigenvalue weighted by molar-refractivity contribution is 9.10. The molecule has 0 aliphatic heterocycles. The van der Waals surface area contributed by atoms with E-state index in [1.165, 1.54) is 24.3 Å². The number of nitro benzene ring substituents is 1. The molecule has 0 radical (unpaired) electrons. The third kappa shape index (κ3) is 3.32. The molecule has 5 nitrogen and oxygen atoms in total. The van der Waals surface area contributed by atoms with Crippen LogP contribution in [0, 0.1) is 10.1 Å². The molecule has 0 bridgehead atoms. The molecule has 1 atom stereocenters. The number of nitro groups is 1. The molecule has 0 saturated carbocycles. The highest BCUT2D eigenvalue weighted by Crippen LogP contribution is 2.15. The van der Waals surface area contributed by atoms with Crippen molar-refractivity contribution in [1.29, 1.82) is 0 Å². The van der Waals surface area contributed by atoms with Crippen molar-refractivity contribution in [2.24, 2.45) is 0 Å². The molecule has 0 aliphatic rings. The van der Waals surface area contributed by atoms with Gasteiger partial charge in [0.05, 0.1) is 15.7 Å². The molecule has 0 N–H and O–H groups in total. The van der Waals surface area contributed by atoms with Gasteiger partial charge in [-0.15, -0.1) is 0 Å². The Morgan fingerprint density at radius 3 is 2.33 bits per heavy atom. The fourth-order valence-electron chi connectivity index (χ4n) is 1.04. The first-order valence-electron chi connectivity index (χ1n) is 4.09. The lowest BCUT2D eigenvalue weighted by molar-refractivity contribution is -0.384. The number of non-ortho nitro benzene ring substituents is 1. The summed E-state index contributed by atoms with van der Waals surface area (Å²) in [7, 11) is 0. The van der Waals surface area contributed by atoms with Crippen LogP contribution in [0.3, 0.4) is 0 Å². The fraction of sp³-hybridized carbons (Fsp3) is 0.222. The summed E-state index contributed by atoms with van der Waals surface area (Å²) >= 11 is 2.93. The molecule has 6 heteroatoms. The quantitative estimate of drug-likeness (QED) is 0.458. The monoisotopic (exact) mass is 272 g/mol. The summed E-state index contributed by atoms with van der Waals surface area (Å²) in [4.78, 5) is 19.5. The lowest BCUT2D eigenvalue weighted by atomic mass is 10.1. The van der Waals surface area contributed by atoms with Crippen LogP contribution in [0.4, 0.5) is 5.69 Å². The Labute approximate surface area is 94.0 Å². The van der Waals surface area contributed by atoms with Crippen molar-refractivity contribution < 1.29 is 14.8 Å². The normalized spacial score (nSPS) is 12.1. The molecule has 0 amide bonds. The van der Waals surface area contributed by atoms with Gasteiger partial charge in [-0.1, -0.05) is 28.1 Å². The number of benzene rings is 1. The number of carbonyl (C=O) groups is 1. The first-order chi connectivity index (χ1) is 7.00. The second-order valence-electron chi connectivity index (χ2n) is 2.91. The smallest absolute Gasteiger partial charge is 0.269 e. The maximum Gasteiger partial charge on any atom is 0.269 e. The third-order valence-corrected chi connectivity index (χ3v) is 2.52. The number of carboxylic acids is 1. The number of carboxylic acid groups (broad SMARTS) is 1. The first-order valence-corrected chi connectivity index (χ1v) is 5.00. The standard InChI is InChI=1S/C9H8BrNO4/c10-8(9(12)13)5-6-1-3-7(4-2-6)11(14)15/h1-4,8H,5H2,(H,12,13)/p-1. The van der Waals surface area contributed by atoms with E-state index in [0.29, 0.717) is 5.56 Å². The summed E-state index contributed by atoms with van der Waals surface area (Å²) < 4.78 is 0. The number of carbonyl (C=O) groups excluding carboxylic acids is 1. The maximum atomic E-state index is 10.4. The zero-order valence-corrected chi connectivity index (χ0v) is 9.14. The molecule has 0 fully saturated rings. The van der Waals surface area contributed by atoms with Crippen molar-refractivity contribution in [3.8, 4) is 0 Å². The summed E-state index contributed by atoms with van der Waals surface area (Å²) in [6, 6.07) is 5.72. The van der Waals surface area contributed by atoms with E-state index in [2.05, 4.69) is 15.9 Å². The van der Waals surface area contributed by atoms with Gasteiger partial charge in [0.25, 0.3) is 5.69 Å². The van der Waals surface area contributed by atoms with E-state index in [1.54, 1.807) is 0 Å². The van der Waals surface area contributed by atoms with Gasteiger partial charge < -0.3 is 9.90 Å². The van der Waals surface area contributed by atoms with Crippen LogP contribution in [0.5, 0.6) is 0 Å². The van der Waals surface area contributed by atoms with Crippen LogP contribution in [0.1, 0.15) is 5.56 Å². The van der Waals surface area contributed by atoms with Gasteiger partial charge in [0.15, 0.2) is 0 Å². The number of nitrogens with zero attached hydrogens (tertiary/aromatic N) is 1. The van der Waals surface area contributed by atoms with Crippen LogP contribution in [0.2, 0.25) is 0 Å².